The smallest absolute Gasteiger partial charge is 0.119 e. The molecule has 5 heteroatoms. The number of halogens is 2. The molecule has 3 nitrogen and oxygen atoms in total. The second kappa shape index (κ2) is 9.71. The van der Waals surface area contributed by atoms with Crippen LogP contribution in [0.1, 0.15) is 0 Å². The molecule has 0 radical (unpaired) electrons. The molecule has 0 saturated heterocycles. The quantitative estimate of drug-likeness (QED) is 0.516. The molecule has 0 N–H and O–H groups in total. The Labute approximate surface area is 115 Å². The molecular weight excluding hydrogens is 307 g/mol. The van der Waals surface area contributed by atoms with E-state index < -0.39 is 0 Å². The van der Waals surface area contributed by atoms with Gasteiger partial charge in [0.25, 0.3) is 0 Å². The Bertz CT molecular complexity index is 292. The first-order chi connectivity index (χ1) is 8.33. The summed E-state index contributed by atoms with van der Waals surface area (Å²) < 4.78 is 16.0. The van der Waals surface area contributed by atoms with Crippen molar-refractivity contribution in [2.45, 2.75) is 0 Å². The van der Waals surface area contributed by atoms with Gasteiger partial charge in [0.05, 0.1) is 26.4 Å². The average Bonchev–Trinajstić information content (AvgIpc) is 2.35. The Kier molecular flexibility index (Phi) is 8.44. The maximum atomic E-state index is 5.76. The molecule has 0 saturated carbocycles. The summed E-state index contributed by atoms with van der Waals surface area (Å²) in [6.07, 6.45) is 0. The number of ether oxygens (including phenoxy) is 3. The van der Waals surface area contributed by atoms with Crippen molar-refractivity contribution in [2.75, 3.05) is 38.4 Å². The minimum absolute atomic E-state index is 0.528. The van der Waals surface area contributed by atoms with Gasteiger partial charge in [0, 0.05) is 10.4 Å². The van der Waals surface area contributed by atoms with Crippen LogP contribution in [0.15, 0.2) is 24.3 Å². The highest BCUT2D eigenvalue weighted by atomic mass is 79.9. The Morgan fingerprint density at radius 3 is 2.12 bits per heavy atom. The van der Waals surface area contributed by atoms with Crippen molar-refractivity contribution >= 4 is 27.5 Å². The van der Waals surface area contributed by atoms with Crippen molar-refractivity contribution in [3.63, 3.8) is 0 Å². The van der Waals surface area contributed by atoms with Crippen LogP contribution in [0.5, 0.6) is 5.75 Å². The molecule has 0 bridgehead atoms. The van der Waals surface area contributed by atoms with Gasteiger partial charge in [0.2, 0.25) is 0 Å². The highest BCUT2D eigenvalue weighted by Gasteiger charge is 1.94. The van der Waals surface area contributed by atoms with E-state index in [-0.39, 0.29) is 0 Å². The van der Waals surface area contributed by atoms with Crippen molar-refractivity contribution < 1.29 is 14.2 Å². The summed E-state index contributed by atoms with van der Waals surface area (Å²) >= 11 is 9.04. The summed E-state index contributed by atoms with van der Waals surface area (Å²) in [4.78, 5) is 0. The topological polar surface area (TPSA) is 27.7 Å². The maximum absolute atomic E-state index is 5.76. The zero-order valence-electron chi connectivity index (χ0n) is 9.53. The van der Waals surface area contributed by atoms with E-state index in [0.717, 1.165) is 11.1 Å². The van der Waals surface area contributed by atoms with E-state index in [4.69, 9.17) is 25.8 Å². The van der Waals surface area contributed by atoms with Crippen LogP contribution in [0.3, 0.4) is 0 Å². The molecule has 0 aliphatic heterocycles. The monoisotopic (exact) mass is 322 g/mol. The maximum Gasteiger partial charge on any atom is 0.119 e. The number of hydrogen-bond donors (Lipinski definition) is 0. The lowest BCUT2D eigenvalue weighted by Crippen LogP contribution is -2.11. The van der Waals surface area contributed by atoms with Gasteiger partial charge >= 0.3 is 0 Å². The summed E-state index contributed by atoms with van der Waals surface area (Å²) in [5.74, 6) is 0.800. The first-order valence-corrected chi connectivity index (χ1v) is 6.92. The first-order valence-electron chi connectivity index (χ1n) is 5.43. The van der Waals surface area contributed by atoms with Crippen molar-refractivity contribution in [3.8, 4) is 5.75 Å². The van der Waals surface area contributed by atoms with Gasteiger partial charge in [-0.05, 0) is 24.3 Å². The molecule has 1 rings (SSSR count). The molecule has 96 valence electrons. The third-order valence-electron chi connectivity index (χ3n) is 1.90. The van der Waals surface area contributed by atoms with Crippen LogP contribution in [-0.4, -0.2) is 38.4 Å². The predicted molar refractivity (Wildman–Crippen MR) is 72.4 cm³/mol. The summed E-state index contributed by atoms with van der Waals surface area (Å²) in [7, 11) is 0. The van der Waals surface area contributed by atoms with Gasteiger partial charge in [-0.2, -0.15) is 0 Å². The summed E-state index contributed by atoms with van der Waals surface area (Å²) in [5.41, 5.74) is 0. The van der Waals surface area contributed by atoms with Gasteiger partial charge in [0.1, 0.15) is 12.4 Å². The van der Waals surface area contributed by atoms with E-state index in [0.29, 0.717) is 38.1 Å². The van der Waals surface area contributed by atoms with Crippen LogP contribution < -0.4 is 4.74 Å². The van der Waals surface area contributed by atoms with E-state index in [1.54, 1.807) is 12.1 Å². The minimum atomic E-state index is 0.528. The second-order valence-corrected chi connectivity index (χ2v) is 4.45. The molecular formula is C12H16BrClO3. The molecule has 0 unspecified atom stereocenters. The van der Waals surface area contributed by atoms with E-state index in [9.17, 15) is 0 Å². The van der Waals surface area contributed by atoms with Crippen LogP contribution in [0.25, 0.3) is 0 Å². The first kappa shape index (κ1) is 14.8. The molecule has 0 heterocycles. The molecule has 17 heavy (non-hydrogen) atoms. The Morgan fingerprint density at radius 1 is 0.882 bits per heavy atom. The fourth-order valence-electron chi connectivity index (χ4n) is 1.13. The fraction of sp³-hybridized carbons (Fsp3) is 0.500. The van der Waals surface area contributed by atoms with E-state index in [2.05, 4.69) is 15.9 Å². The second-order valence-electron chi connectivity index (χ2n) is 3.22. The van der Waals surface area contributed by atoms with Gasteiger partial charge in [-0.1, -0.05) is 27.5 Å². The lowest BCUT2D eigenvalue weighted by molar-refractivity contribution is 0.0414. The van der Waals surface area contributed by atoms with Crippen LogP contribution in [-0.2, 0) is 9.47 Å². The standard InChI is InChI=1S/C12H16BrClO3/c13-5-6-15-7-8-16-9-10-17-12-3-1-11(14)2-4-12/h1-4H,5-10H2. The highest BCUT2D eigenvalue weighted by Crippen LogP contribution is 2.15. The molecule has 0 atom stereocenters. The molecule has 0 aliphatic rings. The Hall–Kier alpha value is -0.290. The van der Waals surface area contributed by atoms with Gasteiger partial charge in [-0.3, -0.25) is 0 Å². The number of benzene rings is 1. The zero-order chi connectivity index (χ0) is 12.3. The predicted octanol–water partition coefficient (Wildman–Crippen LogP) is 3.15. The lowest BCUT2D eigenvalue weighted by atomic mass is 10.3. The SMILES string of the molecule is Clc1ccc(OCCOCCOCCBr)cc1. The molecule has 0 spiro atoms. The van der Waals surface area contributed by atoms with Crippen molar-refractivity contribution in [1.82, 2.24) is 0 Å². The average molecular weight is 324 g/mol. The zero-order valence-corrected chi connectivity index (χ0v) is 11.9. The van der Waals surface area contributed by atoms with Gasteiger partial charge in [-0.15, -0.1) is 0 Å². The van der Waals surface area contributed by atoms with Gasteiger partial charge < -0.3 is 14.2 Å². The van der Waals surface area contributed by atoms with Gasteiger partial charge in [-0.25, -0.2) is 0 Å². The van der Waals surface area contributed by atoms with Crippen LogP contribution in [0.2, 0.25) is 5.02 Å². The largest absolute Gasteiger partial charge is 0.491 e. The third-order valence-corrected chi connectivity index (χ3v) is 2.48. The summed E-state index contributed by atoms with van der Waals surface area (Å²) in [5, 5.41) is 1.56. The molecule has 0 amide bonds. The van der Waals surface area contributed by atoms with Crippen LogP contribution in [0.4, 0.5) is 0 Å². The molecule has 1 aromatic rings. The number of alkyl halides is 1. The van der Waals surface area contributed by atoms with Crippen molar-refractivity contribution in [1.29, 1.82) is 0 Å². The van der Waals surface area contributed by atoms with Crippen molar-refractivity contribution in [3.05, 3.63) is 29.3 Å². The molecule has 0 aromatic heterocycles. The van der Waals surface area contributed by atoms with Crippen molar-refractivity contribution in [2.24, 2.45) is 0 Å². The van der Waals surface area contributed by atoms with E-state index in [1.165, 1.54) is 0 Å². The fourth-order valence-corrected chi connectivity index (χ4v) is 1.48. The molecule has 0 fully saturated rings. The summed E-state index contributed by atoms with van der Waals surface area (Å²) in [6, 6.07) is 7.26. The minimum Gasteiger partial charge on any atom is -0.491 e. The van der Waals surface area contributed by atoms with Crippen LogP contribution >= 0.6 is 27.5 Å². The normalized spacial score (nSPS) is 10.5. The lowest BCUT2D eigenvalue weighted by Gasteiger charge is -2.07. The molecule has 1 aromatic carbocycles. The summed E-state index contributed by atoms with van der Waals surface area (Å²) in [6.45, 7) is 3.01. The third kappa shape index (κ3) is 7.60. The Balaban J connectivity index is 1.95. The molecule has 0 aliphatic carbocycles. The van der Waals surface area contributed by atoms with E-state index in [1.807, 2.05) is 12.1 Å². The number of hydrogen-bond acceptors (Lipinski definition) is 3. The highest BCUT2D eigenvalue weighted by molar-refractivity contribution is 9.09. The van der Waals surface area contributed by atoms with Crippen LogP contribution in [0, 0.1) is 0 Å². The van der Waals surface area contributed by atoms with E-state index >= 15 is 0 Å². The Morgan fingerprint density at radius 2 is 1.47 bits per heavy atom. The number of rotatable bonds is 9. The van der Waals surface area contributed by atoms with Gasteiger partial charge in [0.15, 0.2) is 0 Å².